The highest BCUT2D eigenvalue weighted by molar-refractivity contribution is 6.36. The van der Waals surface area contributed by atoms with Crippen molar-refractivity contribution in [2.24, 2.45) is 17.1 Å². The summed E-state index contributed by atoms with van der Waals surface area (Å²) in [6.07, 6.45) is 4.65. The number of fused-ring (bicyclic) bond motifs is 2. The van der Waals surface area contributed by atoms with E-state index in [-0.39, 0.29) is 19.1 Å². The smallest absolute Gasteiger partial charge is 0.408 e. The molecule has 0 bridgehead atoms. The van der Waals surface area contributed by atoms with Crippen LogP contribution in [0.3, 0.4) is 0 Å². The van der Waals surface area contributed by atoms with Crippen molar-refractivity contribution in [3.8, 4) is 11.5 Å². The van der Waals surface area contributed by atoms with Crippen molar-refractivity contribution >= 4 is 40.4 Å². The van der Waals surface area contributed by atoms with Gasteiger partial charge in [0.1, 0.15) is 47.4 Å². The minimum atomic E-state index is -0.951. The number of nitrogens with two attached hydrogens (primary N) is 1. The lowest BCUT2D eigenvalue weighted by Gasteiger charge is -2.34. The van der Waals surface area contributed by atoms with Gasteiger partial charge < -0.3 is 34.9 Å². The molecule has 3 heterocycles. The van der Waals surface area contributed by atoms with Gasteiger partial charge in [0.2, 0.25) is 11.8 Å². The molecule has 5 atom stereocenters. The quantitative estimate of drug-likeness (QED) is 0.331. The maximum absolute atomic E-state index is 14.1. The number of nitrogens with zero attached hydrogens (tertiary/aromatic N) is 3. The third-order valence-electron chi connectivity index (χ3n) is 10.2. The molecule has 3 aliphatic carbocycles. The van der Waals surface area contributed by atoms with Crippen molar-refractivity contribution in [1.29, 1.82) is 0 Å². The molecule has 1 unspecified atom stereocenters. The highest BCUT2D eigenvalue weighted by Crippen LogP contribution is 2.48. The first-order chi connectivity index (χ1) is 23.4. The number of aromatic nitrogens is 1. The average Bonchev–Trinajstić information content (AvgIpc) is 3.97. The third kappa shape index (κ3) is 7.61. The summed E-state index contributed by atoms with van der Waals surface area (Å²) in [6, 6.07) is 3.81. The topological polar surface area (TPSA) is 146 Å². The molecule has 49 heavy (non-hydrogen) atoms. The summed E-state index contributed by atoms with van der Waals surface area (Å²) in [6.45, 7) is 10.2. The Labute approximate surface area is 291 Å². The number of nitrogens with one attached hydrogen (secondary N) is 1. The number of carbonyl (C=O) groups excluding carboxylic acids is 3. The number of allylic oxidation sites excluding steroid dienone is 1. The lowest BCUT2D eigenvalue weighted by Crippen LogP contribution is -2.57. The normalized spacial score (nSPS) is 25.8. The van der Waals surface area contributed by atoms with Gasteiger partial charge in [0.15, 0.2) is 0 Å². The Balaban J connectivity index is 1.07. The Bertz CT molecular complexity index is 1650. The summed E-state index contributed by atoms with van der Waals surface area (Å²) >= 11 is 6.92. The molecule has 7 rings (SSSR count). The van der Waals surface area contributed by atoms with Gasteiger partial charge in [0.25, 0.3) is 0 Å². The summed E-state index contributed by atoms with van der Waals surface area (Å²) in [4.78, 5) is 48.4. The van der Waals surface area contributed by atoms with Gasteiger partial charge in [-0.15, -0.1) is 0 Å². The predicted molar refractivity (Wildman–Crippen MR) is 183 cm³/mol. The van der Waals surface area contributed by atoms with Gasteiger partial charge in [-0.1, -0.05) is 37.9 Å². The summed E-state index contributed by atoms with van der Waals surface area (Å²) in [5.74, 6) is 0.928. The van der Waals surface area contributed by atoms with Crippen LogP contribution in [0.1, 0.15) is 64.5 Å². The van der Waals surface area contributed by atoms with Gasteiger partial charge in [-0.2, -0.15) is 0 Å². The third-order valence-corrected chi connectivity index (χ3v) is 10.6. The minimum absolute atomic E-state index is 0.116. The van der Waals surface area contributed by atoms with E-state index in [9.17, 15) is 14.4 Å². The fourth-order valence-electron chi connectivity index (χ4n) is 7.15. The number of pyridine rings is 1. The van der Waals surface area contributed by atoms with E-state index in [2.05, 4.69) is 10.2 Å². The van der Waals surface area contributed by atoms with Gasteiger partial charge in [0.05, 0.1) is 25.3 Å². The fraction of sp³-hybridized carbons (Fsp3) is 0.611. The van der Waals surface area contributed by atoms with Crippen molar-refractivity contribution in [2.45, 2.75) is 83.1 Å². The van der Waals surface area contributed by atoms with Gasteiger partial charge >= 0.3 is 6.09 Å². The highest BCUT2D eigenvalue weighted by atomic mass is 35.5. The van der Waals surface area contributed by atoms with Crippen LogP contribution in [0.2, 0.25) is 5.02 Å². The summed E-state index contributed by atoms with van der Waals surface area (Å²) < 4.78 is 23.8. The Morgan fingerprint density at radius 3 is 2.57 bits per heavy atom. The number of carbonyl (C=O) groups is 3. The zero-order valence-corrected chi connectivity index (χ0v) is 29.2. The standard InChI is InChI=1S/C36H46ClN5O7/c1-36(2,3)32(40-35(45)49-23-15-21-14-22(21)16-23)34(44)42-19-24(17-27(42)33(38)43)48-29-18-26(20-4-5-20)39-31-25(29)6-7-28(30(31)37)47-13-10-41-8-11-46-12-9-41/h6-7,15,18,20,22-24,27,32H,4-5,8-14,16-17,19H2,1-3H3,(H2,38,43)(H,40,45)/t22-,23-,24?,27+,32-/m1/s1. The zero-order valence-electron chi connectivity index (χ0n) is 28.4. The van der Waals surface area contributed by atoms with E-state index in [0.29, 0.717) is 45.9 Å². The van der Waals surface area contributed by atoms with Gasteiger partial charge in [-0.3, -0.25) is 19.5 Å². The first kappa shape index (κ1) is 33.9. The maximum atomic E-state index is 14.1. The van der Waals surface area contributed by atoms with Gasteiger partial charge in [0, 0.05) is 49.1 Å². The van der Waals surface area contributed by atoms with Crippen LogP contribution in [0.5, 0.6) is 11.5 Å². The van der Waals surface area contributed by atoms with E-state index >= 15 is 0 Å². The van der Waals surface area contributed by atoms with Crippen LogP contribution in [0.15, 0.2) is 29.8 Å². The number of morpholine rings is 1. The number of primary amides is 1. The lowest BCUT2D eigenvalue weighted by atomic mass is 9.85. The molecule has 2 aliphatic heterocycles. The number of hydrogen-bond donors (Lipinski definition) is 2. The summed E-state index contributed by atoms with van der Waals surface area (Å²) in [7, 11) is 0. The molecule has 2 saturated carbocycles. The van der Waals surface area contributed by atoms with Crippen LogP contribution in [0.25, 0.3) is 10.9 Å². The largest absolute Gasteiger partial charge is 0.491 e. The number of halogens is 1. The lowest BCUT2D eigenvalue weighted by molar-refractivity contribution is -0.141. The second-order valence-electron chi connectivity index (χ2n) is 15.0. The number of hydrogen-bond acceptors (Lipinski definition) is 9. The molecule has 1 aromatic carbocycles. The molecule has 2 aromatic rings. The Hall–Kier alpha value is -3.61. The van der Waals surface area contributed by atoms with Crippen LogP contribution in [-0.2, 0) is 19.1 Å². The van der Waals surface area contributed by atoms with Crippen molar-refractivity contribution < 1.29 is 33.3 Å². The molecule has 2 saturated heterocycles. The number of amides is 3. The minimum Gasteiger partial charge on any atom is -0.491 e. The number of ether oxygens (including phenoxy) is 4. The van der Waals surface area contributed by atoms with Crippen LogP contribution in [0.4, 0.5) is 4.79 Å². The Kier molecular flexibility index (Phi) is 9.40. The van der Waals surface area contributed by atoms with Gasteiger partial charge in [-0.25, -0.2) is 4.79 Å². The predicted octanol–water partition coefficient (Wildman–Crippen LogP) is 4.17. The van der Waals surface area contributed by atoms with Gasteiger partial charge in [-0.05, 0) is 55.2 Å². The van der Waals surface area contributed by atoms with Crippen molar-refractivity contribution in [2.75, 3.05) is 46.0 Å². The molecule has 1 aromatic heterocycles. The van der Waals surface area contributed by atoms with Crippen LogP contribution >= 0.6 is 11.6 Å². The summed E-state index contributed by atoms with van der Waals surface area (Å²) in [5.41, 5.74) is 7.98. The van der Waals surface area contributed by atoms with Crippen LogP contribution in [0, 0.1) is 11.3 Å². The maximum Gasteiger partial charge on any atom is 0.408 e. The molecule has 13 heteroatoms. The van der Waals surface area contributed by atoms with E-state index in [1.54, 1.807) is 0 Å². The molecule has 0 spiro atoms. The van der Waals surface area contributed by atoms with Crippen molar-refractivity contribution in [1.82, 2.24) is 20.1 Å². The monoisotopic (exact) mass is 695 g/mol. The number of likely N-dealkylation sites (tertiary alicyclic amines) is 1. The molecule has 0 radical (unpaired) electrons. The second kappa shape index (κ2) is 13.6. The SMILES string of the molecule is CC(C)(C)[C@H](NC(=O)O[C@@H]1C=C2C[C@@H]2C1)C(=O)N1CC(Oc2cc(C3CC3)nc3c(Cl)c(OCCN4CCOCC4)ccc23)C[C@H]1C(N)=O. The number of benzene rings is 1. The zero-order chi connectivity index (χ0) is 34.4. The molecule has 3 N–H and O–H groups in total. The summed E-state index contributed by atoms with van der Waals surface area (Å²) in [5, 5.41) is 3.93. The first-order valence-corrected chi connectivity index (χ1v) is 17.8. The molecular formula is C36H46ClN5O7. The number of rotatable bonds is 11. The first-order valence-electron chi connectivity index (χ1n) is 17.4. The average molecular weight is 696 g/mol. The van der Waals surface area contributed by atoms with Crippen LogP contribution in [-0.4, -0.2) is 103 Å². The van der Waals surface area contributed by atoms with E-state index < -0.39 is 41.5 Å². The van der Waals surface area contributed by atoms with Crippen molar-refractivity contribution in [3.63, 3.8) is 0 Å². The van der Waals surface area contributed by atoms with Crippen LogP contribution < -0.4 is 20.5 Å². The Morgan fingerprint density at radius 1 is 1.12 bits per heavy atom. The molecule has 4 fully saturated rings. The highest BCUT2D eigenvalue weighted by Gasteiger charge is 2.46. The molecule has 5 aliphatic rings. The molecule has 3 amide bonds. The molecule has 12 nitrogen and oxygen atoms in total. The molecular weight excluding hydrogens is 650 g/mol. The fourth-order valence-corrected chi connectivity index (χ4v) is 7.41. The number of alkyl carbamates (subject to hydrolysis) is 1. The van der Waals surface area contributed by atoms with E-state index in [4.69, 9.17) is 41.3 Å². The van der Waals surface area contributed by atoms with E-state index in [1.807, 2.05) is 45.0 Å². The second-order valence-corrected chi connectivity index (χ2v) is 15.4. The Morgan fingerprint density at radius 2 is 1.90 bits per heavy atom. The van der Waals surface area contributed by atoms with E-state index in [1.165, 1.54) is 10.5 Å². The molecule has 264 valence electrons. The van der Waals surface area contributed by atoms with Crippen molar-refractivity contribution in [3.05, 3.63) is 40.6 Å². The van der Waals surface area contributed by atoms with E-state index in [0.717, 1.165) is 64.2 Å².